The second-order valence-corrected chi connectivity index (χ2v) is 7.00. The molecule has 0 saturated carbocycles. The van der Waals surface area contributed by atoms with Gasteiger partial charge in [0, 0.05) is 25.6 Å². The van der Waals surface area contributed by atoms with E-state index in [1.54, 1.807) is 25.7 Å². The summed E-state index contributed by atoms with van der Waals surface area (Å²) in [7, 11) is 0. The Bertz CT molecular complexity index is 471. The van der Waals surface area contributed by atoms with Crippen LogP contribution in [0.5, 0.6) is 0 Å². The van der Waals surface area contributed by atoms with Crippen molar-refractivity contribution in [2.45, 2.75) is 39.2 Å². The minimum Gasteiger partial charge on any atom is -0.481 e. The Morgan fingerprint density at radius 3 is 2.50 bits per heavy atom. The predicted molar refractivity (Wildman–Crippen MR) is 78.2 cm³/mol. The fourth-order valence-electron chi connectivity index (χ4n) is 3.21. The number of amides is 2. The van der Waals surface area contributed by atoms with Gasteiger partial charge in [0.2, 0.25) is 5.91 Å². The molecule has 3 atom stereocenters. The number of nitrogens with zero attached hydrogens (tertiary/aromatic N) is 1. The molecular weight excluding hydrogens is 288 g/mol. The zero-order chi connectivity index (χ0) is 16.5. The molecule has 7 heteroatoms. The molecule has 2 saturated heterocycles. The number of aliphatic carboxylic acids is 1. The molecule has 2 rings (SSSR count). The second-order valence-electron chi connectivity index (χ2n) is 7.00. The van der Waals surface area contributed by atoms with E-state index in [9.17, 15) is 19.5 Å². The Morgan fingerprint density at radius 2 is 1.91 bits per heavy atom. The zero-order valence-corrected chi connectivity index (χ0v) is 13.3. The van der Waals surface area contributed by atoms with Gasteiger partial charge in [-0.3, -0.25) is 9.59 Å². The highest BCUT2D eigenvalue weighted by Gasteiger charge is 2.43. The third-order valence-corrected chi connectivity index (χ3v) is 4.28. The molecule has 0 aromatic carbocycles. The van der Waals surface area contributed by atoms with Crippen molar-refractivity contribution in [3.8, 4) is 0 Å². The SMILES string of the molecule is CC(C)(C)OC(=O)N1CC[C@@H]2[C@H](CC1)C(=O)NC[C@H]2C(=O)O. The summed E-state index contributed by atoms with van der Waals surface area (Å²) < 4.78 is 5.36. The average Bonchev–Trinajstić information content (AvgIpc) is 2.60. The predicted octanol–water partition coefficient (Wildman–Crippen LogP) is 1.08. The van der Waals surface area contributed by atoms with Gasteiger partial charge in [0.05, 0.1) is 5.92 Å². The number of carbonyl (C=O) groups excluding carboxylic acids is 2. The first kappa shape index (κ1) is 16.6. The van der Waals surface area contributed by atoms with Crippen LogP contribution in [0.4, 0.5) is 4.79 Å². The molecule has 2 aliphatic rings. The van der Waals surface area contributed by atoms with E-state index in [2.05, 4.69) is 5.32 Å². The van der Waals surface area contributed by atoms with Gasteiger partial charge in [-0.2, -0.15) is 0 Å². The molecule has 2 fully saturated rings. The van der Waals surface area contributed by atoms with Crippen LogP contribution in [0.2, 0.25) is 0 Å². The van der Waals surface area contributed by atoms with Crippen molar-refractivity contribution in [3.05, 3.63) is 0 Å². The van der Waals surface area contributed by atoms with Crippen LogP contribution in [0.25, 0.3) is 0 Å². The lowest BCUT2D eigenvalue weighted by molar-refractivity contribution is -0.148. The van der Waals surface area contributed by atoms with Gasteiger partial charge in [0.25, 0.3) is 0 Å². The number of fused-ring (bicyclic) bond motifs is 1. The van der Waals surface area contributed by atoms with E-state index in [4.69, 9.17) is 4.74 Å². The van der Waals surface area contributed by atoms with Crippen LogP contribution in [0.15, 0.2) is 0 Å². The topological polar surface area (TPSA) is 95.9 Å². The molecule has 2 heterocycles. The largest absolute Gasteiger partial charge is 0.481 e. The number of likely N-dealkylation sites (tertiary alicyclic amines) is 1. The van der Waals surface area contributed by atoms with E-state index in [0.717, 1.165) is 0 Å². The zero-order valence-electron chi connectivity index (χ0n) is 13.3. The Kier molecular flexibility index (Phi) is 4.63. The Balaban J connectivity index is 2.08. The maximum absolute atomic E-state index is 12.2. The van der Waals surface area contributed by atoms with Gasteiger partial charge in [-0.15, -0.1) is 0 Å². The molecule has 0 spiro atoms. The van der Waals surface area contributed by atoms with Crippen LogP contribution in [0.1, 0.15) is 33.6 Å². The summed E-state index contributed by atoms with van der Waals surface area (Å²) in [5.41, 5.74) is -0.572. The van der Waals surface area contributed by atoms with Crippen LogP contribution >= 0.6 is 0 Å². The monoisotopic (exact) mass is 312 g/mol. The van der Waals surface area contributed by atoms with Crippen LogP contribution in [0, 0.1) is 17.8 Å². The molecule has 0 aromatic heterocycles. The first-order valence-electron chi connectivity index (χ1n) is 7.67. The molecule has 2 amide bonds. The number of hydrogen-bond acceptors (Lipinski definition) is 4. The first-order chi connectivity index (χ1) is 10.2. The molecule has 2 aliphatic heterocycles. The maximum Gasteiger partial charge on any atom is 0.410 e. The van der Waals surface area contributed by atoms with Gasteiger partial charge < -0.3 is 20.1 Å². The van der Waals surface area contributed by atoms with Crippen molar-refractivity contribution >= 4 is 18.0 Å². The number of carboxylic acids is 1. The number of nitrogens with one attached hydrogen (secondary N) is 1. The number of hydrogen-bond donors (Lipinski definition) is 2. The molecule has 0 aromatic rings. The third kappa shape index (κ3) is 3.69. The highest BCUT2D eigenvalue weighted by Crippen LogP contribution is 2.34. The van der Waals surface area contributed by atoms with Crippen molar-refractivity contribution in [2.75, 3.05) is 19.6 Å². The summed E-state index contributed by atoms with van der Waals surface area (Å²) in [4.78, 5) is 37.1. The van der Waals surface area contributed by atoms with E-state index in [1.807, 2.05) is 0 Å². The smallest absolute Gasteiger partial charge is 0.410 e. The van der Waals surface area contributed by atoms with E-state index in [0.29, 0.717) is 25.9 Å². The Morgan fingerprint density at radius 1 is 1.27 bits per heavy atom. The van der Waals surface area contributed by atoms with Gasteiger partial charge in [-0.05, 0) is 39.5 Å². The van der Waals surface area contributed by atoms with Crippen molar-refractivity contribution < 1.29 is 24.2 Å². The molecule has 0 radical (unpaired) electrons. The molecule has 0 unspecified atom stereocenters. The molecule has 0 aliphatic carbocycles. The van der Waals surface area contributed by atoms with Gasteiger partial charge >= 0.3 is 12.1 Å². The Labute approximate surface area is 130 Å². The van der Waals surface area contributed by atoms with Crippen LogP contribution in [-0.2, 0) is 14.3 Å². The number of rotatable bonds is 1. The molecule has 124 valence electrons. The summed E-state index contributed by atoms with van der Waals surface area (Å²) in [6, 6.07) is 0. The van der Waals surface area contributed by atoms with E-state index in [-0.39, 0.29) is 24.3 Å². The quantitative estimate of drug-likeness (QED) is 0.755. The number of carboxylic acid groups (broad SMARTS) is 1. The second kappa shape index (κ2) is 6.14. The lowest BCUT2D eigenvalue weighted by Crippen LogP contribution is -2.50. The summed E-state index contributed by atoms with van der Waals surface area (Å²) in [6.45, 7) is 6.41. The van der Waals surface area contributed by atoms with Crippen molar-refractivity contribution in [1.82, 2.24) is 10.2 Å². The fourth-order valence-corrected chi connectivity index (χ4v) is 3.21. The average molecular weight is 312 g/mol. The minimum atomic E-state index is -0.888. The minimum absolute atomic E-state index is 0.103. The highest BCUT2D eigenvalue weighted by molar-refractivity contribution is 5.83. The Hall–Kier alpha value is -1.79. The normalized spacial score (nSPS) is 29.1. The molecule has 7 nitrogen and oxygen atoms in total. The van der Waals surface area contributed by atoms with Crippen LogP contribution in [0.3, 0.4) is 0 Å². The van der Waals surface area contributed by atoms with E-state index < -0.39 is 23.6 Å². The molecule has 2 N–H and O–H groups in total. The fraction of sp³-hybridized carbons (Fsp3) is 0.800. The standard InChI is InChI=1S/C15H24N2O5/c1-15(2,3)22-14(21)17-6-4-9-10(5-7-17)12(18)16-8-11(9)13(19)20/h9-11H,4-8H2,1-3H3,(H,16,18)(H,19,20)/t9-,10+,11-/m1/s1. The van der Waals surface area contributed by atoms with Crippen LogP contribution < -0.4 is 5.32 Å². The van der Waals surface area contributed by atoms with Gasteiger partial charge in [-0.25, -0.2) is 4.79 Å². The number of carbonyl (C=O) groups is 3. The van der Waals surface area contributed by atoms with E-state index >= 15 is 0 Å². The third-order valence-electron chi connectivity index (χ3n) is 4.28. The van der Waals surface area contributed by atoms with Crippen molar-refractivity contribution in [3.63, 3.8) is 0 Å². The lowest BCUT2D eigenvalue weighted by Gasteiger charge is -2.34. The summed E-state index contributed by atoms with van der Waals surface area (Å²) in [5.74, 6) is -2.14. The lowest BCUT2D eigenvalue weighted by atomic mass is 9.75. The maximum atomic E-state index is 12.2. The first-order valence-corrected chi connectivity index (χ1v) is 7.67. The van der Waals surface area contributed by atoms with Crippen LogP contribution in [-0.4, -0.2) is 53.2 Å². The molecule has 22 heavy (non-hydrogen) atoms. The molecular formula is C15H24N2O5. The summed E-state index contributed by atoms with van der Waals surface area (Å²) in [6.07, 6.45) is 0.576. The van der Waals surface area contributed by atoms with Gasteiger partial charge in [0.1, 0.15) is 5.60 Å². The summed E-state index contributed by atoms with van der Waals surface area (Å²) >= 11 is 0. The summed E-state index contributed by atoms with van der Waals surface area (Å²) in [5, 5.41) is 12.0. The van der Waals surface area contributed by atoms with Crippen molar-refractivity contribution in [1.29, 1.82) is 0 Å². The molecule has 0 bridgehead atoms. The highest BCUT2D eigenvalue weighted by atomic mass is 16.6. The van der Waals surface area contributed by atoms with Crippen molar-refractivity contribution in [2.24, 2.45) is 17.8 Å². The van der Waals surface area contributed by atoms with Gasteiger partial charge in [0.15, 0.2) is 0 Å². The number of piperidine rings is 1. The number of ether oxygens (including phenoxy) is 1. The van der Waals surface area contributed by atoms with Gasteiger partial charge in [-0.1, -0.05) is 0 Å². The van der Waals surface area contributed by atoms with E-state index in [1.165, 1.54) is 0 Å².